The van der Waals surface area contributed by atoms with E-state index in [9.17, 15) is 8.22 Å². The van der Waals surface area contributed by atoms with Gasteiger partial charge in [0.2, 0.25) is 0 Å². The van der Waals surface area contributed by atoms with Crippen molar-refractivity contribution in [1.29, 1.82) is 0 Å². The monoisotopic (exact) mass is 255 g/mol. The molecule has 100 valence electrons. The Kier molecular flexibility index (Phi) is 6.22. The molecule has 16 heavy (non-hydrogen) atoms. The SMILES string of the molecule is CN(C)C(N(C)C)=[N+](C)C.C[Si-](C)(C)(F)F. The van der Waals surface area contributed by atoms with Crippen molar-refractivity contribution in [2.24, 2.45) is 0 Å². The normalized spacial score (nSPS) is 12.8. The summed E-state index contributed by atoms with van der Waals surface area (Å²) in [5, 5.41) is 0. The summed E-state index contributed by atoms with van der Waals surface area (Å²) in [7, 11) is 7.97. The Labute approximate surface area is 99.1 Å². The van der Waals surface area contributed by atoms with Crippen LogP contribution in [0.1, 0.15) is 0 Å². The maximum absolute atomic E-state index is 11.9. The van der Waals surface area contributed by atoms with Crippen LogP contribution < -0.4 is 0 Å². The van der Waals surface area contributed by atoms with Crippen LogP contribution in [0, 0.1) is 0 Å². The first-order valence-electron chi connectivity index (χ1n) is 5.23. The van der Waals surface area contributed by atoms with Gasteiger partial charge in [-0.15, -0.1) is 0 Å². The molecule has 6 heteroatoms. The molecule has 0 bridgehead atoms. The Hall–Kier alpha value is -0.653. The first-order chi connectivity index (χ1) is 6.70. The van der Waals surface area contributed by atoms with Crippen molar-refractivity contribution in [2.75, 3.05) is 42.3 Å². The fourth-order valence-corrected chi connectivity index (χ4v) is 1.20. The van der Waals surface area contributed by atoms with Gasteiger partial charge in [0.05, 0.1) is 42.3 Å². The molecule has 0 spiro atoms. The van der Waals surface area contributed by atoms with E-state index in [1.54, 1.807) is 0 Å². The van der Waals surface area contributed by atoms with Crippen molar-refractivity contribution >= 4 is 14.0 Å². The molecule has 0 saturated carbocycles. The van der Waals surface area contributed by atoms with Crippen molar-refractivity contribution in [3.05, 3.63) is 0 Å². The summed E-state index contributed by atoms with van der Waals surface area (Å²) < 4.78 is 25.8. The molecule has 0 aliphatic heterocycles. The molecule has 0 radical (unpaired) electrons. The third-order valence-electron chi connectivity index (χ3n) is 1.20. The van der Waals surface area contributed by atoms with Crippen LogP contribution in [0.15, 0.2) is 0 Å². The Morgan fingerprint density at radius 3 is 1.06 bits per heavy atom. The van der Waals surface area contributed by atoms with Crippen LogP contribution in [0.2, 0.25) is 19.6 Å². The molecule has 0 rings (SSSR count). The molecule has 0 aliphatic carbocycles. The summed E-state index contributed by atoms with van der Waals surface area (Å²) in [6.45, 7) is 3.08. The van der Waals surface area contributed by atoms with E-state index in [4.69, 9.17) is 0 Å². The van der Waals surface area contributed by atoms with Crippen molar-refractivity contribution in [3.8, 4) is 0 Å². The minimum atomic E-state index is -4.25. The molecular formula is C10H27F2N3Si. The third kappa shape index (κ3) is 15.8. The summed E-state index contributed by atoms with van der Waals surface area (Å²) in [6.07, 6.45) is 0. The van der Waals surface area contributed by atoms with Gasteiger partial charge in [-0.05, 0) is 0 Å². The van der Waals surface area contributed by atoms with Gasteiger partial charge in [0.1, 0.15) is 0 Å². The molecule has 0 aromatic carbocycles. The first-order valence-corrected chi connectivity index (χ1v) is 8.99. The molecule has 0 heterocycles. The van der Waals surface area contributed by atoms with E-state index < -0.39 is 8.02 Å². The summed E-state index contributed by atoms with van der Waals surface area (Å²) in [6, 6.07) is 0. The molecular weight excluding hydrogens is 228 g/mol. The molecule has 3 nitrogen and oxygen atoms in total. The van der Waals surface area contributed by atoms with Crippen LogP contribution in [-0.4, -0.2) is 70.6 Å². The third-order valence-corrected chi connectivity index (χ3v) is 1.20. The molecule has 0 aromatic rings. The van der Waals surface area contributed by atoms with Gasteiger partial charge in [0.25, 0.3) is 0 Å². The predicted octanol–water partition coefficient (Wildman–Crippen LogP) is 1.95. The van der Waals surface area contributed by atoms with Crippen LogP contribution in [0.4, 0.5) is 8.22 Å². The molecule has 0 amide bonds. The minimum absolute atomic E-state index is 1.03. The molecule has 0 saturated heterocycles. The van der Waals surface area contributed by atoms with Crippen LogP contribution in [0.5, 0.6) is 0 Å². The topological polar surface area (TPSA) is 9.49 Å². The van der Waals surface area contributed by atoms with Gasteiger partial charge in [-0.1, -0.05) is 0 Å². The quantitative estimate of drug-likeness (QED) is 0.215. The Morgan fingerprint density at radius 1 is 0.875 bits per heavy atom. The van der Waals surface area contributed by atoms with Gasteiger partial charge in [-0.25, -0.2) is 0 Å². The first kappa shape index (κ1) is 17.7. The molecule has 0 N–H and O–H groups in total. The van der Waals surface area contributed by atoms with E-state index in [0.717, 1.165) is 19.6 Å². The fraction of sp³-hybridized carbons (Fsp3) is 0.900. The zero-order valence-electron chi connectivity index (χ0n) is 12.1. The number of nitrogens with zero attached hydrogens (tertiary/aromatic N) is 3. The van der Waals surface area contributed by atoms with E-state index in [2.05, 4.69) is 14.4 Å². The standard InChI is InChI=1S/C7H18N3.C3H9F2Si/c1-8(2)7(9(3)4)10(5)6;1-6(2,3,4)5/h1-6H3;1-3H3/q+1;-1. The second kappa shape index (κ2) is 5.61. The summed E-state index contributed by atoms with van der Waals surface area (Å²) in [4.78, 5) is 4.17. The number of rotatable bonds is 0. The van der Waals surface area contributed by atoms with Crippen LogP contribution in [-0.2, 0) is 0 Å². The van der Waals surface area contributed by atoms with Gasteiger partial charge >= 0.3 is 41.8 Å². The summed E-state index contributed by atoms with van der Waals surface area (Å²) in [5.74, 6) is 1.19. The molecule has 0 aromatic heterocycles. The van der Waals surface area contributed by atoms with E-state index >= 15 is 0 Å². The molecule has 0 atom stereocenters. The van der Waals surface area contributed by atoms with E-state index in [0.29, 0.717) is 0 Å². The average molecular weight is 255 g/mol. The van der Waals surface area contributed by atoms with E-state index in [1.165, 1.54) is 5.96 Å². The second-order valence-corrected chi connectivity index (χ2v) is 11.1. The average Bonchev–Trinajstić information content (AvgIpc) is 1.74. The number of guanidine groups is 1. The van der Waals surface area contributed by atoms with Gasteiger partial charge < -0.3 is 0 Å². The van der Waals surface area contributed by atoms with Crippen molar-refractivity contribution in [2.45, 2.75) is 19.6 Å². The van der Waals surface area contributed by atoms with Crippen LogP contribution in [0.3, 0.4) is 0 Å². The van der Waals surface area contributed by atoms with Crippen LogP contribution >= 0.6 is 0 Å². The number of hydrogen-bond acceptors (Lipinski definition) is 0. The molecule has 0 aliphatic rings. The zero-order chi connectivity index (χ0) is 13.8. The van der Waals surface area contributed by atoms with Gasteiger partial charge in [-0.2, -0.15) is 0 Å². The van der Waals surface area contributed by atoms with Crippen molar-refractivity contribution < 1.29 is 12.8 Å². The van der Waals surface area contributed by atoms with Gasteiger partial charge in [0.15, 0.2) is 0 Å². The van der Waals surface area contributed by atoms with Crippen LogP contribution in [0.25, 0.3) is 0 Å². The predicted molar refractivity (Wildman–Crippen MR) is 70.1 cm³/mol. The Morgan fingerprint density at radius 2 is 1.06 bits per heavy atom. The van der Waals surface area contributed by atoms with Gasteiger partial charge in [-0.3, -0.25) is 14.4 Å². The summed E-state index contributed by atoms with van der Waals surface area (Å²) in [5.41, 5.74) is 0. The fourth-order valence-electron chi connectivity index (χ4n) is 1.20. The Bertz CT molecular complexity index is 222. The second-order valence-electron chi connectivity index (χ2n) is 5.69. The molecule has 0 fully saturated rings. The maximum atomic E-state index is 11.9. The number of hydrogen-bond donors (Lipinski definition) is 0. The Balaban J connectivity index is 0. The summed E-state index contributed by atoms with van der Waals surface area (Å²) >= 11 is 0. The van der Waals surface area contributed by atoms with E-state index in [-0.39, 0.29) is 0 Å². The van der Waals surface area contributed by atoms with Gasteiger partial charge in [0, 0.05) is 0 Å². The molecule has 0 unspecified atom stereocenters. The number of halogens is 2. The zero-order valence-corrected chi connectivity index (χ0v) is 13.1. The van der Waals surface area contributed by atoms with E-state index in [1.807, 2.05) is 42.3 Å². The van der Waals surface area contributed by atoms with Crippen molar-refractivity contribution in [3.63, 3.8) is 0 Å². The van der Waals surface area contributed by atoms with Crippen molar-refractivity contribution in [1.82, 2.24) is 9.80 Å².